The van der Waals surface area contributed by atoms with Crippen molar-refractivity contribution in [3.8, 4) is 11.4 Å². The molecule has 0 aliphatic heterocycles. The zero-order valence-corrected chi connectivity index (χ0v) is 14.7. The quantitative estimate of drug-likeness (QED) is 0.758. The molecule has 1 N–H and O–H groups in total. The fourth-order valence-electron chi connectivity index (χ4n) is 2.52. The van der Waals surface area contributed by atoms with Gasteiger partial charge in [0.25, 0.3) is 5.91 Å². The number of methoxy groups -OCH3 is 1. The summed E-state index contributed by atoms with van der Waals surface area (Å²) < 4.78 is 7.30. The lowest BCUT2D eigenvalue weighted by molar-refractivity contribution is 0.0950. The third-order valence-corrected chi connectivity index (χ3v) is 4.01. The van der Waals surface area contributed by atoms with Crippen molar-refractivity contribution in [2.24, 2.45) is 0 Å². The molecule has 0 radical (unpaired) electrons. The van der Waals surface area contributed by atoms with Gasteiger partial charge >= 0.3 is 0 Å². The number of ether oxygens (including phenoxy) is 1. The standard InChI is InChI=1S/C19H18ClN3O2/c1-13-11-23(12-22-13)17-7-6-15(9-18(17)25-2)19(24)21-10-14-4-3-5-16(20)8-14/h3-9,11-12H,10H2,1-2H3,(H,21,24). The van der Waals surface area contributed by atoms with Gasteiger partial charge in [-0.1, -0.05) is 23.7 Å². The molecular formula is C19H18ClN3O2. The Bertz CT molecular complexity index is 905. The molecule has 0 spiro atoms. The van der Waals surface area contributed by atoms with Crippen LogP contribution < -0.4 is 10.1 Å². The minimum absolute atomic E-state index is 0.174. The van der Waals surface area contributed by atoms with Gasteiger partial charge in [-0.3, -0.25) is 4.79 Å². The maximum atomic E-state index is 12.4. The Balaban J connectivity index is 1.77. The van der Waals surface area contributed by atoms with Crippen molar-refractivity contribution in [2.75, 3.05) is 7.11 Å². The first kappa shape index (κ1) is 17.0. The maximum absolute atomic E-state index is 12.4. The summed E-state index contributed by atoms with van der Waals surface area (Å²) >= 11 is 5.96. The van der Waals surface area contributed by atoms with Crippen LogP contribution in [0.1, 0.15) is 21.6 Å². The Morgan fingerprint density at radius 1 is 1.28 bits per heavy atom. The van der Waals surface area contributed by atoms with E-state index in [-0.39, 0.29) is 5.91 Å². The predicted molar refractivity (Wildman–Crippen MR) is 97.5 cm³/mol. The molecule has 6 heteroatoms. The van der Waals surface area contributed by atoms with Gasteiger partial charge in [0.05, 0.1) is 24.8 Å². The second-order valence-electron chi connectivity index (χ2n) is 5.62. The first-order chi connectivity index (χ1) is 12.1. The Labute approximate surface area is 151 Å². The zero-order chi connectivity index (χ0) is 17.8. The molecule has 0 atom stereocenters. The number of amides is 1. The highest BCUT2D eigenvalue weighted by atomic mass is 35.5. The molecule has 1 aromatic heterocycles. The van der Waals surface area contributed by atoms with Gasteiger partial charge < -0.3 is 14.6 Å². The molecule has 3 rings (SSSR count). The van der Waals surface area contributed by atoms with Crippen molar-refractivity contribution in [1.29, 1.82) is 0 Å². The van der Waals surface area contributed by atoms with E-state index in [2.05, 4.69) is 10.3 Å². The topological polar surface area (TPSA) is 56.1 Å². The second-order valence-corrected chi connectivity index (χ2v) is 6.06. The molecule has 0 unspecified atom stereocenters. The van der Waals surface area contributed by atoms with E-state index in [1.54, 1.807) is 31.6 Å². The maximum Gasteiger partial charge on any atom is 0.251 e. The molecule has 3 aromatic rings. The van der Waals surface area contributed by atoms with E-state index in [0.717, 1.165) is 16.9 Å². The van der Waals surface area contributed by atoms with Crippen molar-refractivity contribution < 1.29 is 9.53 Å². The molecule has 1 amide bonds. The molecule has 0 saturated heterocycles. The van der Waals surface area contributed by atoms with Crippen LogP contribution in [-0.4, -0.2) is 22.6 Å². The molecule has 0 aliphatic carbocycles. The highest BCUT2D eigenvalue weighted by molar-refractivity contribution is 6.30. The molecule has 0 saturated carbocycles. The number of hydrogen-bond donors (Lipinski definition) is 1. The van der Waals surface area contributed by atoms with Crippen LogP contribution in [0.15, 0.2) is 55.0 Å². The first-order valence-electron chi connectivity index (χ1n) is 7.78. The predicted octanol–water partition coefficient (Wildman–Crippen LogP) is 3.77. The smallest absolute Gasteiger partial charge is 0.251 e. The van der Waals surface area contributed by atoms with Crippen LogP contribution in [0.5, 0.6) is 5.75 Å². The van der Waals surface area contributed by atoms with Crippen molar-refractivity contribution in [3.05, 3.63) is 76.8 Å². The first-order valence-corrected chi connectivity index (χ1v) is 8.16. The summed E-state index contributed by atoms with van der Waals surface area (Å²) in [5.74, 6) is 0.430. The molecule has 0 fully saturated rings. The summed E-state index contributed by atoms with van der Waals surface area (Å²) in [5.41, 5.74) is 3.21. The Hall–Kier alpha value is -2.79. The molecule has 2 aromatic carbocycles. The van der Waals surface area contributed by atoms with Crippen LogP contribution in [0.4, 0.5) is 0 Å². The molecule has 0 aliphatic rings. The monoisotopic (exact) mass is 355 g/mol. The van der Waals surface area contributed by atoms with Gasteiger partial charge in [0.15, 0.2) is 0 Å². The lowest BCUT2D eigenvalue weighted by Crippen LogP contribution is -2.22. The van der Waals surface area contributed by atoms with Gasteiger partial charge in [0.1, 0.15) is 5.75 Å². The van der Waals surface area contributed by atoms with Crippen LogP contribution in [-0.2, 0) is 6.54 Å². The summed E-state index contributed by atoms with van der Waals surface area (Å²) in [5, 5.41) is 3.53. The SMILES string of the molecule is COc1cc(C(=O)NCc2cccc(Cl)c2)ccc1-n1cnc(C)c1. The van der Waals surface area contributed by atoms with Crippen molar-refractivity contribution in [2.45, 2.75) is 13.5 Å². The van der Waals surface area contributed by atoms with Crippen LogP contribution in [0, 0.1) is 6.92 Å². The lowest BCUT2D eigenvalue weighted by Gasteiger charge is -2.11. The van der Waals surface area contributed by atoms with Crippen molar-refractivity contribution in [3.63, 3.8) is 0 Å². The molecule has 0 bridgehead atoms. The highest BCUT2D eigenvalue weighted by Gasteiger charge is 2.12. The number of carbonyl (C=O) groups excluding carboxylic acids is 1. The number of halogens is 1. The lowest BCUT2D eigenvalue weighted by atomic mass is 10.1. The molecule has 128 valence electrons. The van der Waals surface area contributed by atoms with Crippen LogP contribution >= 0.6 is 11.6 Å². The number of imidazole rings is 1. The van der Waals surface area contributed by atoms with E-state index in [4.69, 9.17) is 16.3 Å². The Morgan fingerprint density at radius 2 is 2.12 bits per heavy atom. The van der Waals surface area contributed by atoms with Crippen LogP contribution in [0.3, 0.4) is 0 Å². The number of nitrogens with one attached hydrogen (secondary N) is 1. The number of rotatable bonds is 5. The van der Waals surface area contributed by atoms with Gasteiger partial charge in [0, 0.05) is 23.3 Å². The number of hydrogen-bond acceptors (Lipinski definition) is 3. The Kier molecular flexibility index (Phi) is 5.05. The summed E-state index contributed by atoms with van der Waals surface area (Å²) in [4.78, 5) is 16.6. The molecule has 5 nitrogen and oxygen atoms in total. The molecular weight excluding hydrogens is 338 g/mol. The van der Waals surface area contributed by atoms with Gasteiger partial charge in [-0.05, 0) is 42.8 Å². The van der Waals surface area contributed by atoms with Crippen molar-refractivity contribution in [1.82, 2.24) is 14.9 Å². The summed E-state index contributed by atoms with van der Waals surface area (Å²) in [7, 11) is 1.58. The average molecular weight is 356 g/mol. The average Bonchev–Trinajstić information content (AvgIpc) is 3.05. The van der Waals surface area contributed by atoms with E-state index in [9.17, 15) is 4.79 Å². The summed E-state index contributed by atoms with van der Waals surface area (Å²) in [6, 6.07) is 12.7. The third kappa shape index (κ3) is 4.00. The third-order valence-electron chi connectivity index (χ3n) is 3.77. The fraction of sp³-hybridized carbons (Fsp3) is 0.158. The van der Waals surface area contributed by atoms with Gasteiger partial charge in [-0.2, -0.15) is 0 Å². The Morgan fingerprint density at radius 3 is 2.80 bits per heavy atom. The number of benzene rings is 2. The summed E-state index contributed by atoms with van der Waals surface area (Å²) in [6.45, 7) is 2.32. The van der Waals surface area contributed by atoms with E-state index in [1.807, 2.05) is 42.0 Å². The van der Waals surface area contributed by atoms with Crippen LogP contribution in [0.25, 0.3) is 5.69 Å². The highest BCUT2D eigenvalue weighted by Crippen LogP contribution is 2.24. The largest absolute Gasteiger partial charge is 0.495 e. The minimum atomic E-state index is -0.174. The molecule has 25 heavy (non-hydrogen) atoms. The van der Waals surface area contributed by atoms with Gasteiger partial charge in [0.2, 0.25) is 0 Å². The zero-order valence-electron chi connectivity index (χ0n) is 14.0. The summed E-state index contributed by atoms with van der Waals surface area (Å²) in [6.07, 6.45) is 3.61. The van der Waals surface area contributed by atoms with Gasteiger partial charge in [-0.15, -0.1) is 0 Å². The van der Waals surface area contributed by atoms with E-state index < -0.39 is 0 Å². The number of aromatic nitrogens is 2. The molecule has 1 heterocycles. The van der Waals surface area contributed by atoms with E-state index in [1.165, 1.54) is 0 Å². The van der Waals surface area contributed by atoms with Crippen LogP contribution in [0.2, 0.25) is 5.02 Å². The van der Waals surface area contributed by atoms with E-state index in [0.29, 0.717) is 22.9 Å². The fourth-order valence-corrected chi connectivity index (χ4v) is 2.73. The second kappa shape index (κ2) is 7.40. The van der Waals surface area contributed by atoms with E-state index >= 15 is 0 Å². The number of aryl methyl sites for hydroxylation is 1. The number of nitrogens with zero attached hydrogens (tertiary/aromatic N) is 2. The minimum Gasteiger partial charge on any atom is -0.495 e. The van der Waals surface area contributed by atoms with Crippen molar-refractivity contribution >= 4 is 17.5 Å². The number of carbonyl (C=O) groups is 1. The normalized spacial score (nSPS) is 10.5. The van der Waals surface area contributed by atoms with Gasteiger partial charge in [-0.25, -0.2) is 4.98 Å².